The quantitative estimate of drug-likeness (QED) is 0.353. The number of carbonyl (C=O) groups excluding carboxylic acids is 1. The Balaban J connectivity index is 1.69. The molecule has 1 atom stereocenters. The van der Waals surface area contributed by atoms with Crippen LogP contribution < -0.4 is 10.1 Å². The first-order chi connectivity index (χ1) is 15.5. The van der Waals surface area contributed by atoms with Crippen molar-refractivity contribution in [3.63, 3.8) is 0 Å². The molecule has 0 radical (unpaired) electrons. The number of methoxy groups -OCH3 is 1. The van der Waals surface area contributed by atoms with Crippen molar-refractivity contribution in [1.82, 2.24) is 9.97 Å². The Labute approximate surface area is 189 Å². The van der Waals surface area contributed by atoms with Crippen molar-refractivity contribution in [2.75, 3.05) is 12.4 Å². The number of carbonyl (C=O) groups is 1. The van der Waals surface area contributed by atoms with Crippen LogP contribution in [0.3, 0.4) is 0 Å². The van der Waals surface area contributed by atoms with E-state index in [2.05, 4.69) is 15.3 Å². The Morgan fingerprint density at radius 3 is 2.62 bits per heavy atom. The Bertz CT molecular complexity index is 1280. The fraction of sp³-hybridized carbons (Fsp3) is 0.125. The predicted octanol–water partition coefficient (Wildman–Crippen LogP) is 6.17. The summed E-state index contributed by atoms with van der Waals surface area (Å²) in [5.74, 6) is 0.253. The van der Waals surface area contributed by atoms with Gasteiger partial charge in [0.1, 0.15) is 17.4 Å². The molecule has 0 fully saturated rings. The number of fused-ring (bicyclic) bond motifs is 1. The second-order valence-corrected chi connectivity index (χ2v) is 7.44. The van der Waals surface area contributed by atoms with E-state index < -0.39 is 11.8 Å². The third kappa shape index (κ3) is 4.48. The molecule has 4 aromatic rings. The number of rotatable bonds is 6. The molecule has 0 saturated heterocycles. The first-order valence-electron chi connectivity index (χ1n) is 9.77. The molecule has 0 aliphatic rings. The minimum atomic E-state index is -0.415. The number of halogens is 2. The van der Waals surface area contributed by atoms with Crippen LogP contribution in [0.5, 0.6) is 11.6 Å². The van der Waals surface area contributed by atoms with Gasteiger partial charge < -0.3 is 14.8 Å². The summed E-state index contributed by atoms with van der Waals surface area (Å²) < 4.78 is 24.2. The maximum Gasteiger partial charge on any atom is 0.337 e. The molecule has 0 aliphatic heterocycles. The third-order valence-corrected chi connectivity index (χ3v) is 5.21. The molecule has 32 heavy (non-hydrogen) atoms. The van der Waals surface area contributed by atoms with Gasteiger partial charge in [-0.2, -0.15) is 0 Å². The van der Waals surface area contributed by atoms with E-state index in [1.807, 2.05) is 19.1 Å². The van der Waals surface area contributed by atoms with Gasteiger partial charge in [-0.15, -0.1) is 0 Å². The normalized spacial score (nSPS) is 11.8. The summed E-state index contributed by atoms with van der Waals surface area (Å²) >= 11 is 6.37. The van der Waals surface area contributed by atoms with Crippen LogP contribution >= 0.6 is 11.6 Å². The largest absolute Gasteiger partial charge is 0.465 e. The first-order valence-corrected chi connectivity index (χ1v) is 10.2. The SMILES string of the molecule is COC(=O)c1ccc([C@H](C)Nc2ncc(Cl)c3ccnc(Oc4cccc(F)c4)c23)cc1. The molecule has 2 aromatic heterocycles. The first kappa shape index (κ1) is 21.5. The highest BCUT2D eigenvalue weighted by atomic mass is 35.5. The van der Waals surface area contributed by atoms with Crippen LogP contribution in [0.25, 0.3) is 10.8 Å². The van der Waals surface area contributed by atoms with Crippen LogP contribution in [0.4, 0.5) is 10.2 Å². The fourth-order valence-corrected chi connectivity index (χ4v) is 3.48. The molecule has 0 aliphatic carbocycles. The average molecular weight is 452 g/mol. The number of benzene rings is 2. The molecule has 2 aromatic carbocycles. The highest BCUT2D eigenvalue weighted by molar-refractivity contribution is 6.36. The van der Waals surface area contributed by atoms with Gasteiger partial charge in [-0.3, -0.25) is 0 Å². The van der Waals surface area contributed by atoms with Crippen LogP contribution in [-0.4, -0.2) is 23.0 Å². The number of pyridine rings is 2. The Morgan fingerprint density at radius 1 is 1.12 bits per heavy atom. The van der Waals surface area contributed by atoms with Crippen molar-refractivity contribution >= 4 is 34.2 Å². The lowest BCUT2D eigenvalue weighted by atomic mass is 10.1. The van der Waals surface area contributed by atoms with E-state index in [0.29, 0.717) is 32.9 Å². The number of nitrogens with one attached hydrogen (secondary N) is 1. The van der Waals surface area contributed by atoms with Crippen molar-refractivity contribution in [3.05, 3.63) is 89.0 Å². The van der Waals surface area contributed by atoms with E-state index in [-0.39, 0.29) is 11.9 Å². The van der Waals surface area contributed by atoms with Gasteiger partial charge in [0.05, 0.1) is 23.1 Å². The minimum absolute atomic E-state index is 0.166. The Morgan fingerprint density at radius 2 is 1.91 bits per heavy atom. The number of hydrogen-bond acceptors (Lipinski definition) is 6. The molecule has 0 bridgehead atoms. The lowest BCUT2D eigenvalue weighted by Gasteiger charge is -2.18. The Kier molecular flexibility index (Phi) is 6.18. The number of esters is 1. The summed E-state index contributed by atoms with van der Waals surface area (Å²) in [6.45, 7) is 1.96. The summed E-state index contributed by atoms with van der Waals surface area (Å²) in [7, 11) is 1.34. The van der Waals surface area contributed by atoms with E-state index in [1.165, 1.54) is 19.2 Å². The zero-order valence-electron chi connectivity index (χ0n) is 17.3. The van der Waals surface area contributed by atoms with E-state index in [9.17, 15) is 9.18 Å². The fourth-order valence-electron chi connectivity index (χ4n) is 3.27. The number of ether oxygens (including phenoxy) is 2. The number of aromatic nitrogens is 2. The number of hydrogen-bond donors (Lipinski definition) is 1. The molecule has 1 N–H and O–H groups in total. The Hall–Kier alpha value is -3.71. The molecule has 6 nitrogen and oxygen atoms in total. The maximum absolute atomic E-state index is 13.6. The molecular weight excluding hydrogens is 433 g/mol. The van der Waals surface area contributed by atoms with Gasteiger partial charge >= 0.3 is 5.97 Å². The van der Waals surface area contributed by atoms with Gasteiger partial charge in [-0.05, 0) is 42.8 Å². The molecule has 0 spiro atoms. The van der Waals surface area contributed by atoms with Gasteiger partial charge in [-0.25, -0.2) is 19.2 Å². The van der Waals surface area contributed by atoms with Gasteiger partial charge in [0.25, 0.3) is 0 Å². The smallest absolute Gasteiger partial charge is 0.337 e. The molecule has 4 rings (SSSR count). The predicted molar refractivity (Wildman–Crippen MR) is 121 cm³/mol. The van der Waals surface area contributed by atoms with Gasteiger partial charge in [0.15, 0.2) is 0 Å². The summed E-state index contributed by atoms with van der Waals surface area (Å²) in [5, 5.41) is 5.05. The van der Waals surface area contributed by atoms with E-state index in [4.69, 9.17) is 21.1 Å². The zero-order chi connectivity index (χ0) is 22.7. The molecular formula is C24H19ClFN3O3. The molecule has 162 valence electrons. The maximum atomic E-state index is 13.6. The van der Waals surface area contributed by atoms with Crippen LogP contribution in [0.2, 0.25) is 5.02 Å². The standard InChI is InChI=1S/C24H19ClFN3O3/c1-14(15-6-8-16(9-7-15)24(30)31-2)29-22-21-19(20(25)13-28-22)10-11-27-23(21)32-18-5-3-4-17(26)12-18/h3-14H,1-2H3,(H,28,29)/t14-/m0/s1. The average Bonchev–Trinajstić information content (AvgIpc) is 2.80. The van der Waals surface area contributed by atoms with E-state index in [0.717, 1.165) is 5.56 Å². The van der Waals surface area contributed by atoms with E-state index >= 15 is 0 Å². The minimum Gasteiger partial charge on any atom is -0.465 e. The van der Waals surface area contributed by atoms with Crippen LogP contribution in [0.1, 0.15) is 28.9 Å². The molecule has 0 amide bonds. The zero-order valence-corrected chi connectivity index (χ0v) is 18.1. The van der Waals surface area contributed by atoms with Gasteiger partial charge in [0.2, 0.25) is 5.88 Å². The van der Waals surface area contributed by atoms with Gasteiger partial charge in [-0.1, -0.05) is 29.8 Å². The summed E-state index contributed by atoms with van der Waals surface area (Å²) in [4.78, 5) is 20.4. The van der Waals surface area contributed by atoms with E-state index in [1.54, 1.807) is 42.7 Å². The summed E-state index contributed by atoms with van der Waals surface area (Å²) in [6.07, 6.45) is 3.12. The monoisotopic (exact) mass is 451 g/mol. The molecule has 2 heterocycles. The van der Waals surface area contributed by atoms with Crippen LogP contribution in [0, 0.1) is 5.82 Å². The van der Waals surface area contributed by atoms with Gasteiger partial charge in [0, 0.05) is 29.9 Å². The molecule has 0 saturated carbocycles. The van der Waals surface area contributed by atoms with Crippen molar-refractivity contribution < 1.29 is 18.7 Å². The number of nitrogens with zero attached hydrogens (tertiary/aromatic N) is 2. The van der Waals surface area contributed by atoms with Crippen molar-refractivity contribution in [2.24, 2.45) is 0 Å². The lowest BCUT2D eigenvalue weighted by Crippen LogP contribution is -2.09. The molecule has 8 heteroatoms. The topological polar surface area (TPSA) is 73.3 Å². The van der Waals surface area contributed by atoms with Crippen LogP contribution in [-0.2, 0) is 4.74 Å². The third-order valence-electron chi connectivity index (χ3n) is 4.91. The highest BCUT2D eigenvalue weighted by Crippen LogP contribution is 2.37. The van der Waals surface area contributed by atoms with Crippen molar-refractivity contribution in [1.29, 1.82) is 0 Å². The summed E-state index contributed by atoms with van der Waals surface area (Å²) in [5.41, 5.74) is 1.40. The van der Waals surface area contributed by atoms with Crippen molar-refractivity contribution in [2.45, 2.75) is 13.0 Å². The summed E-state index contributed by atoms with van der Waals surface area (Å²) in [6, 6.07) is 14.5. The number of anilines is 1. The lowest BCUT2D eigenvalue weighted by molar-refractivity contribution is 0.0600. The second kappa shape index (κ2) is 9.20. The van der Waals surface area contributed by atoms with Crippen LogP contribution in [0.15, 0.2) is 67.0 Å². The molecule has 0 unspecified atom stereocenters. The van der Waals surface area contributed by atoms with Crippen molar-refractivity contribution in [3.8, 4) is 11.6 Å². The second-order valence-electron chi connectivity index (χ2n) is 7.03. The highest BCUT2D eigenvalue weighted by Gasteiger charge is 2.17.